The summed E-state index contributed by atoms with van der Waals surface area (Å²) in [4.78, 5) is 12.8. The van der Waals surface area contributed by atoms with Gasteiger partial charge in [0.1, 0.15) is 17.9 Å². The zero-order chi connectivity index (χ0) is 19.7. The highest BCUT2D eigenvalue weighted by atomic mass is 35.5. The molecular formula is C19H14ClFN4O3. The van der Waals surface area contributed by atoms with E-state index in [0.29, 0.717) is 40.0 Å². The van der Waals surface area contributed by atoms with E-state index in [2.05, 4.69) is 20.3 Å². The van der Waals surface area contributed by atoms with Gasteiger partial charge in [-0.25, -0.2) is 14.4 Å². The molecule has 0 radical (unpaired) electrons. The predicted octanol–water partition coefficient (Wildman–Crippen LogP) is 4.89. The molecule has 0 atom stereocenters. The van der Waals surface area contributed by atoms with Gasteiger partial charge in [0.2, 0.25) is 0 Å². The fourth-order valence-corrected chi connectivity index (χ4v) is 2.88. The molecule has 0 saturated heterocycles. The van der Waals surface area contributed by atoms with Gasteiger partial charge in [0.05, 0.1) is 24.9 Å². The first-order valence-electron chi connectivity index (χ1n) is 8.14. The summed E-state index contributed by atoms with van der Waals surface area (Å²) in [5.41, 5.74) is 1.53. The van der Waals surface area contributed by atoms with Crippen LogP contribution in [0.4, 0.5) is 21.6 Å². The number of anilines is 2. The topological polar surface area (TPSA) is 77.9 Å². The minimum atomic E-state index is -0.434. The van der Waals surface area contributed by atoms with Crippen LogP contribution in [0.1, 0.15) is 5.56 Å². The molecule has 0 unspecified atom stereocenters. The second-order valence-electron chi connectivity index (χ2n) is 5.73. The highest BCUT2D eigenvalue weighted by molar-refractivity contribution is 6.33. The average Bonchev–Trinajstić information content (AvgIpc) is 2.88. The summed E-state index contributed by atoms with van der Waals surface area (Å²) >= 11 is 6.09. The molecule has 2 heterocycles. The maximum atomic E-state index is 13.3. The van der Waals surface area contributed by atoms with Crippen LogP contribution in [0.25, 0.3) is 0 Å². The van der Waals surface area contributed by atoms with E-state index < -0.39 is 5.82 Å². The van der Waals surface area contributed by atoms with Crippen molar-refractivity contribution in [2.24, 2.45) is 4.99 Å². The van der Waals surface area contributed by atoms with Crippen LogP contribution in [0.3, 0.4) is 0 Å². The molecule has 1 aliphatic heterocycles. The predicted molar refractivity (Wildman–Crippen MR) is 104 cm³/mol. The number of hydrogen-bond acceptors (Lipinski definition) is 7. The van der Waals surface area contributed by atoms with E-state index in [0.717, 1.165) is 0 Å². The first-order valence-corrected chi connectivity index (χ1v) is 8.52. The van der Waals surface area contributed by atoms with E-state index in [9.17, 15) is 4.39 Å². The molecule has 9 heteroatoms. The maximum absolute atomic E-state index is 13.3. The Morgan fingerprint density at radius 3 is 2.61 bits per heavy atom. The smallest absolute Gasteiger partial charge is 0.250 e. The minimum absolute atomic E-state index is 0.212. The van der Waals surface area contributed by atoms with Gasteiger partial charge in [-0.1, -0.05) is 11.6 Å². The lowest BCUT2D eigenvalue weighted by Crippen LogP contribution is -1.98. The van der Waals surface area contributed by atoms with Crippen molar-refractivity contribution in [1.29, 1.82) is 0 Å². The van der Waals surface area contributed by atoms with Gasteiger partial charge in [-0.15, -0.1) is 0 Å². The molecule has 2 aromatic carbocycles. The summed E-state index contributed by atoms with van der Waals surface area (Å²) in [5, 5.41) is 3.25. The molecule has 4 rings (SSSR count). The van der Waals surface area contributed by atoms with Crippen LogP contribution in [-0.4, -0.2) is 30.4 Å². The van der Waals surface area contributed by atoms with Crippen molar-refractivity contribution >= 4 is 35.0 Å². The van der Waals surface area contributed by atoms with Crippen LogP contribution in [0.5, 0.6) is 23.1 Å². The van der Waals surface area contributed by atoms with Gasteiger partial charge < -0.3 is 19.5 Å². The lowest BCUT2D eigenvalue weighted by Gasteiger charge is -2.13. The molecular weight excluding hydrogens is 387 g/mol. The number of halogens is 2. The first kappa shape index (κ1) is 18.0. The molecule has 1 aliphatic rings. The van der Waals surface area contributed by atoms with Crippen LogP contribution in [0.15, 0.2) is 41.7 Å². The molecule has 1 aromatic heterocycles. The second kappa shape index (κ2) is 7.32. The van der Waals surface area contributed by atoms with E-state index in [1.165, 1.54) is 24.5 Å². The lowest BCUT2D eigenvalue weighted by atomic mass is 10.2. The third kappa shape index (κ3) is 3.29. The molecule has 0 spiro atoms. The molecule has 0 aliphatic carbocycles. The van der Waals surface area contributed by atoms with E-state index in [1.54, 1.807) is 32.6 Å². The van der Waals surface area contributed by atoms with Gasteiger partial charge in [-0.05, 0) is 24.3 Å². The number of nitrogens with zero attached hydrogens (tertiary/aromatic N) is 3. The van der Waals surface area contributed by atoms with Crippen molar-refractivity contribution in [3.05, 3.63) is 53.1 Å². The molecule has 142 valence electrons. The van der Waals surface area contributed by atoms with Gasteiger partial charge in [0.25, 0.3) is 5.88 Å². The van der Waals surface area contributed by atoms with E-state index >= 15 is 0 Å². The number of hydrogen-bond donors (Lipinski definition) is 1. The Kier molecular flexibility index (Phi) is 4.70. The number of aliphatic imine (C=N–C) groups is 1. The van der Waals surface area contributed by atoms with Crippen LogP contribution in [0, 0.1) is 5.82 Å². The van der Waals surface area contributed by atoms with Crippen LogP contribution >= 0.6 is 11.6 Å². The summed E-state index contributed by atoms with van der Waals surface area (Å²) in [6.45, 7) is 0. The largest absolute Gasteiger partial charge is 0.493 e. The Morgan fingerprint density at radius 1 is 1.07 bits per heavy atom. The fourth-order valence-electron chi connectivity index (χ4n) is 2.67. The Bertz CT molecular complexity index is 1090. The molecule has 0 fully saturated rings. The quantitative estimate of drug-likeness (QED) is 0.525. The van der Waals surface area contributed by atoms with Crippen molar-refractivity contribution in [2.75, 3.05) is 19.5 Å². The SMILES string of the molecule is COc1cc2c(cc1OC)Oc1ncnc(Nc3ccc(F)cc3Cl)c1N=C2. The standard InChI is InChI=1S/C19H14ClFN4O3/c1-26-15-5-10-8-22-17-18(25-13-4-3-11(21)6-12(13)20)23-9-24-19(17)28-14(10)7-16(15)27-2/h3-9H,1-2H3,(H,23,24,25). The third-order valence-corrected chi connectivity index (χ3v) is 4.34. The Morgan fingerprint density at radius 2 is 1.86 bits per heavy atom. The number of fused-ring (bicyclic) bond motifs is 2. The lowest BCUT2D eigenvalue weighted by molar-refractivity contribution is 0.351. The van der Waals surface area contributed by atoms with Gasteiger partial charge in [-0.3, -0.25) is 0 Å². The number of rotatable bonds is 4. The Hall–Kier alpha value is -3.39. The zero-order valence-electron chi connectivity index (χ0n) is 14.9. The summed E-state index contributed by atoms with van der Waals surface area (Å²) in [5.74, 6) is 1.74. The van der Waals surface area contributed by atoms with Crippen molar-refractivity contribution in [3.63, 3.8) is 0 Å². The number of benzene rings is 2. The van der Waals surface area contributed by atoms with E-state index in [-0.39, 0.29) is 10.9 Å². The Labute approximate surface area is 164 Å². The van der Waals surface area contributed by atoms with Crippen molar-refractivity contribution < 1.29 is 18.6 Å². The average molecular weight is 401 g/mol. The second-order valence-corrected chi connectivity index (χ2v) is 6.14. The van der Waals surface area contributed by atoms with Gasteiger partial charge in [0.15, 0.2) is 23.0 Å². The van der Waals surface area contributed by atoms with Crippen LogP contribution in [0.2, 0.25) is 5.02 Å². The van der Waals surface area contributed by atoms with E-state index in [1.807, 2.05) is 0 Å². The van der Waals surface area contributed by atoms with Gasteiger partial charge in [-0.2, -0.15) is 4.98 Å². The van der Waals surface area contributed by atoms with Gasteiger partial charge >= 0.3 is 0 Å². The summed E-state index contributed by atoms with van der Waals surface area (Å²) < 4.78 is 29.8. The normalized spacial score (nSPS) is 11.7. The number of methoxy groups -OCH3 is 2. The minimum Gasteiger partial charge on any atom is -0.493 e. The molecule has 0 amide bonds. The van der Waals surface area contributed by atoms with Crippen LogP contribution < -0.4 is 19.5 Å². The molecule has 1 N–H and O–H groups in total. The summed E-state index contributed by atoms with van der Waals surface area (Å²) in [6.07, 6.45) is 2.95. The van der Waals surface area contributed by atoms with Crippen LogP contribution in [-0.2, 0) is 0 Å². The van der Waals surface area contributed by atoms with Gasteiger partial charge in [0, 0.05) is 17.8 Å². The third-order valence-electron chi connectivity index (χ3n) is 4.03. The summed E-state index contributed by atoms with van der Waals surface area (Å²) in [6, 6.07) is 7.46. The summed E-state index contributed by atoms with van der Waals surface area (Å²) in [7, 11) is 3.09. The number of aromatic nitrogens is 2. The van der Waals surface area contributed by atoms with Crippen molar-refractivity contribution in [1.82, 2.24) is 9.97 Å². The van der Waals surface area contributed by atoms with Crippen molar-refractivity contribution in [2.45, 2.75) is 0 Å². The molecule has 0 bridgehead atoms. The van der Waals surface area contributed by atoms with Crippen molar-refractivity contribution in [3.8, 4) is 23.1 Å². The van der Waals surface area contributed by atoms with E-state index in [4.69, 9.17) is 25.8 Å². The molecule has 3 aromatic rings. The fraction of sp³-hybridized carbons (Fsp3) is 0.105. The molecule has 7 nitrogen and oxygen atoms in total. The Balaban J connectivity index is 1.75. The number of nitrogens with one attached hydrogen (secondary N) is 1. The first-order chi connectivity index (χ1) is 13.6. The monoisotopic (exact) mass is 400 g/mol. The molecule has 28 heavy (non-hydrogen) atoms. The number of ether oxygens (including phenoxy) is 3. The zero-order valence-corrected chi connectivity index (χ0v) is 15.6. The maximum Gasteiger partial charge on any atom is 0.250 e. The highest BCUT2D eigenvalue weighted by Gasteiger charge is 2.20. The molecule has 0 saturated carbocycles. The highest BCUT2D eigenvalue weighted by Crippen LogP contribution is 2.42.